The van der Waals surface area contributed by atoms with Crippen LogP contribution in [0.2, 0.25) is 0 Å². The molecule has 0 aromatic carbocycles. The summed E-state index contributed by atoms with van der Waals surface area (Å²) in [6.45, 7) is 1.22. The standard InChI is InChI=1S/C4H7NO4.C3H8N2O2/c5-2(4(8)9)1-3(6)7;1-3(4,5)2(6)7/h2H,1,5H2,(H,6,7)(H,8,9);4-5H2,1H3,(H,6,7)/t2-;/m0./s1. The van der Waals surface area contributed by atoms with Crippen molar-refractivity contribution >= 4 is 17.9 Å². The topological polar surface area (TPSA) is 190 Å². The molecule has 0 saturated heterocycles. The van der Waals surface area contributed by atoms with Gasteiger partial charge in [-0.2, -0.15) is 0 Å². The number of hydrogen-bond donors (Lipinski definition) is 6. The van der Waals surface area contributed by atoms with E-state index in [0.717, 1.165) is 0 Å². The first-order chi connectivity index (χ1) is 6.98. The maximum Gasteiger partial charge on any atom is 0.338 e. The van der Waals surface area contributed by atoms with Crippen LogP contribution in [0.25, 0.3) is 0 Å². The average molecular weight is 237 g/mol. The highest BCUT2D eigenvalue weighted by Gasteiger charge is 2.20. The molecule has 0 saturated carbocycles. The van der Waals surface area contributed by atoms with Crippen molar-refractivity contribution < 1.29 is 29.7 Å². The van der Waals surface area contributed by atoms with Gasteiger partial charge < -0.3 is 32.5 Å². The molecule has 9 heteroatoms. The lowest BCUT2D eigenvalue weighted by Gasteiger charge is -2.09. The first-order valence-corrected chi connectivity index (χ1v) is 3.99. The summed E-state index contributed by atoms with van der Waals surface area (Å²) in [6, 6.07) is -1.29. The van der Waals surface area contributed by atoms with Gasteiger partial charge in [0.05, 0.1) is 6.42 Å². The molecule has 94 valence electrons. The van der Waals surface area contributed by atoms with E-state index in [0.29, 0.717) is 0 Å². The molecule has 0 aromatic rings. The molecule has 0 aliphatic heterocycles. The van der Waals surface area contributed by atoms with Gasteiger partial charge in [0, 0.05) is 0 Å². The second-order valence-corrected chi connectivity index (χ2v) is 3.13. The Bertz CT molecular complexity index is 272. The number of aliphatic carboxylic acids is 3. The Balaban J connectivity index is 0. The molecule has 9 N–H and O–H groups in total. The molecule has 0 radical (unpaired) electrons. The molecule has 0 spiro atoms. The van der Waals surface area contributed by atoms with Crippen molar-refractivity contribution in [1.82, 2.24) is 0 Å². The van der Waals surface area contributed by atoms with Gasteiger partial charge in [0.2, 0.25) is 0 Å². The fraction of sp³-hybridized carbons (Fsp3) is 0.571. The highest BCUT2D eigenvalue weighted by molar-refractivity contribution is 5.80. The van der Waals surface area contributed by atoms with E-state index in [1.54, 1.807) is 0 Å². The Morgan fingerprint density at radius 2 is 1.50 bits per heavy atom. The number of hydrogen-bond acceptors (Lipinski definition) is 6. The van der Waals surface area contributed by atoms with E-state index in [2.05, 4.69) is 0 Å². The molecule has 0 bridgehead atoms. The molecule has 0 unspecified atom stereocenters. The minimum Gasteiger partial charge on any atom is -0.481 e. The van der Waals surface area contributed by atoms with Crippen molar-refractivity contribution in [3.05, 3.63) is 0 Å². The highest BCUT2D eigenvalue weighted by Crippen LogP contribution is 1.86. The van der Waals surface area contributed by atoms with Crippen LogP contribution in [-0.4, -0.2) is 44.9 Å². The van der Waals surface area contributed by atoms with Gasteiger partial charge in [0.25, 0.3) is 0 Å². The lowest BCUT2D eigenvalue weighted by atomic mass is 10.2. The van der Waals surface area contributed by atoms with E-state index < -0.39 is 36.0 Å². The maximum absolute atomic E-state index is 9.85. The predicted octanol–water partition coefficient (Wildman–Crippen LogP) is -2.42. The minimum absolute atomic E-state index is 0.532. The first kappa shape index (κ1) is 16.7. The van der Waals surface area contributed by atoms with Gasteiger partial charge in [0.1, 0.15) is 6.04 Å². The van der Waals surface area contributed by atoms with Crippen molar-refractivity contribution in [2.45, 2.75) is 25.0 Å². The first-order valence-electron chi connectivity index (χ1n) is 3.99. The number of carboxylic acid groups (broad SMARTS) is 3. The summed E-state index contributed by atoms with van der Waals surface area (Å²) in [4.78, 5) is 29.4. The monoisotopic (exact) mass is 237 g/mol. The van der Waals surface area contributed by atoms with Gasteiger partial charge in [-0.25, -0.2) is 4.79 Å². The molecule has 0 amide bonds. The summed E-state index contributed by atoms with van der Waals surface area (Å²) in [5.74, 6) is -3.70. The Labute approximate surface area is 90.8 Å². The van der Waals surface area contributed by atoms with Crippen LogP contribution in [-0.2, 0) is 14.4 Å². The second kappa shape index (κ2) is 6.71. The van der Waals surface area contributed by atoms with Crippen molar-refractivity contribution in [3.8, 4) is 0 Å². The number of rotatable bonds is 4. The molecule has 0 fully saturated rings. The Morgan fingerprint density at radius 1 is 1.19 bits per heavy atom. The third-order valence-corrected chi connectivity index (χ3v) is 1.17. The van der Waals surface area contributed by atoms with Gasteiger partial charge in [-0.1, -0.05) is 0 Å². The third kappa shape index (κ3) is 10.4. The van der Waals surface area contributed by atoms with Crippen LogP contribution in [0.1, 0.15) is 13.3 Å². The van der Waals surface area contributed by atoms with Crippen molar-refractivity contribution in [2.24, 2.45) is 17.2 Å². The van der Waals surface area contributed by atoms with Crippen LogP contribution in [0.3, 0.4) is 0 Å². The molecule has 0 aliphatic rings. The van der Waals surface area contributed by atoms with Gasteiger partial charge >= 0.3 is 17.9 Å². The molecule has 1 atom stereocenters. The second-order valence-electron chi connectivity index (χ2n) is 3.13. The normalized spacial score (nSPS) is 12.0. The van der Waals surface area contributed by atoms with E-state index in [-0.39, 0.29) is 0 Å². The highest BCUT2D eigenvalue weighted by atomic mass is 16.4. The SMILES string of the molecule is CC(N)(N)C(=O)O.N[C@@H](CC(=O)O)C(=O)O. The lowest BCUT2D eigenvalue weighted by Crippen LogP contribution is -2.53. The average Bonchev–Trinajstić information content (AvgIpc) is 2.01. The molecular formula is C7H15N3O6. The quantitative estimate of drug-likeness (QED) is 0.289. The molecule has 0 aliphatic carbocycles. The summed E-state index contributed by atoms with van der Waals surface area (Å²) in [5, 5.41) is 24.0. The summed E-state index contributed by atoms with van der Waals surface area (Å²) in [7, 11) is 0. The Hall–Kier alpha value is -1.71. The van der Waals surface area contributed by atoms with E-state index in [1.807, 2.05) is 0 Å². The largest absolute Gasteiger partial charge is 0.481 e. The molecule has 0 rings (SSSR count). The molecule has 9 nitrogen and oxygen atoms in total. The van der Waals surface area contributed by atoms with Gasteiger partial charge in [0.15, 0.2) is 5.66 Å². The summed E-state index contributed by atoms with van der Waals surface area (Å²) in [6.07, 6.45) is -0.532. The summed E-state index contributed by atoms with van der Waals surface area (Å²) < 4.78 is 0. The van der Waals surface area contributed by atoms with Crippen LogP contribution < -0.4 is 17.2 Å². The van der Waals surface area contributed by atoms with Crippen LogP contribution in [0.5, 0.6) is 0 Å². The Kier molecular flexibility index (Phi) is 7.01. The summed E-state index contributed by atoms with van der Waals surface area (Å²) >= 11 is 0. The van der Waals surface area contributed by atoms with Gasteiger partial charge in [-0.3, -0.25) is 9.59 Å². The van der Waals surface area contributed by atoms with Crippen molar-refractivity contribution in [2.75, 3.05) is 0 Å². The molecule has 16 heavy (non-hydrogen) atoms. The zero-order valence-electron chi connectivity index (χ0n) is 8.58. The van der Waals surface area contributed by atoms with E-state index in [4.69, 9.17) is 32.5 Å². The molecular weight excluding hydrogens is 222 g/mol. The molecule has 0 heterocycles. The number of nitrogens with two attached hydrogens (primary N) is 3. The van der Waals surface area contributed by atoms with Crippen molar-refractivity contribution in [1.29, 1.82) is 0 Å². The zero-order chi connectivity index (χ0) is 13.5. The van der Waals surface area contributed by atoms with Crippen molar-refractivity contribution in [3.63, 3.8) is 0 Å². The third-order valence-electron chi connectivity index (χ3n) is 1.17. The fourth-order valence-corrected chi connectivity index (χ4v) is 0.275. The van der Waals surface area contributed by atoms with Crippen LogP contribution in [0, 0.1) is 0 Å². The van der Waals surface area contributed by atoms with Gasteiger partial charge in [-0.15, -0.1) is 0 Å². The van der Waals surface area contributed by atoms with E-state index >= 15 is 0 Å². The Morgan fingerprint density at radius 3 is 1.56 bits per heavy atom. The van der Waals surface area contributed by atoms with E-state index in [1.165, 1.54) is 6.92 Å². The molecule has 0 aromatic heterocycles. The fourth-order valence-electron chi connectivity index (χ4n) is 0.275. The number of carboxylic acids is 3. The smallest absolute Gasteiger partial charge is 0.338 e. The van der Waals surface area contributed by atoms with E-state index in [9.17, 15) is 14.4 Å². The maximum atomic E-state index is 9.85. The lowest BCUT2D eigenvalue weighted by molar-refractivity contribution is -0.144. The predicted molar refractivity (Wildman–Crippen MR) is 52.3 cm³/mol. The van der Waals surface area contributed by atoms with Crippen LogP contribution in [0.4, 0.5) is 0 Å². The van der Waals surface area contributed by atoms with Crippen LogP contribution >= 0.6 is 0 Å². The van der Waals surface area contributed by atoms with Crippen LogP contribution in [0.15, 0.2) is 0 Å². The zero-order valence-corrected chi connectivity index (χ0v) is 8.58. The van der Waals surface area contributed by atoms with Gasteiger partial charge in [-0.05, 0) is 6.92 Å². The minimum atomic E-state index is -1.58. The summed E-state index contributed by atoms with van der Waals surface area (Å²) in [5.41, 5.74) is 13.0. The number of carbonyl (C=O) groups is 3.